The zero-order valence-electron chi connectivity index (χ0n) is 7.11. The van der Waals surface area contributed by atoms with Crippen molar-refractivity contribution in [2.75, 3.05) is 7.11 Å². The summed E-state index contributed by atoms with van der Waals surface area (Å²) in [7, 11) is 1.40. The Hall–Kier alpha value is -1.07. The number of hydrogen-bond acceptors (Lipinski definition) is 4. The van der Waals surface area contributed by atoms with E-state index in [1.54, 1.807) is 0 Å². The molecule has 0 aliphatic rings. The molecule has 0 saturated carbocycles. The fourth-order valence-electron chi connectivity index (χ4n) is 0.878. The summed E-state index contributed by atoms with van der Waals surface area (Å²) >= 11 is 11.0. The van der Waals surface area contributed by atoms with Gasteiger partial charge in [-0.1, -0.05) is 23.2 Å². The molecule has 0 spiro atoms. The topological polar surface area (TPSA) is 65.3 Å². The van der Waals surface area contributed by atoms with Gasteiger partial charge in [-0.15, -0.1) is 0 Å². The van der Waals surface area contributed by atoms with Gasteiger partial charge in [-0.25, -0.2) is 4.98 Å². The molecular formula is C7H6Cl2N2O3. The van der Waals surface area contributed by atoms with E-state index in [2.05, 4.69) is 4.98 Å². The number of alkyl halides is 2. The predicted octanol–water partition coefficient (Wildman–Crippen LogP) is 2.47. The minimum absolute atomic E-state index is 0.0160. The SMILES string of the molecule is COc1ccc([N+](=O)[O-])c(C(Cl)Cl)n1. The van der Waals surface area contributed by atoms with Crippen molar-refractivity contribution >= 4 is 28.9 Å². The highest BCUT2D eigenvalue weighted by Crippen LogP contribution is 2.32. The number of ether oxygens (including phenoxy) is 1. The number of methoxy groups -OCH3 is 1. The molecule has 1 aromatic rings. The maximum Gasteiger partial charge on any atom is 0.293 e. The van der Waals surface area contributed by atoms with Crippen molar-refractivity contribution in [3.63, 3.8) is 0 Å². The van der Waals surface area contributed by atoms with Gasteiger partial charge in [-0.3, -0.25) is 10.1 Å². The molecule has 14 heavy (non-hydrogen) atoms. The van der Waals surface area contributed by atoms with Crippen LogP contribution in [0.15, 0.2) is 12.1 Å². The Bertz CT molecular complexity index is 357. The van der Waals surface area contributed by atoms with Gasteiger partial charge in [0.1, 0.15) is 0 Å². The third-order valence-electron chi connectivity index (χ3n) is 1.49. The Morgan fingerprint density at radius 3 is 2.64 bits per heavy atom. The Balaban J connectivity index is 3.24. The van der Waals surface area contributed by atoms with Crippen molar-refractivity contribution in [2.24, 2.45) is 0 Å². The molecular weight excluding hydrogens is 231 g/mol. The Kier molecular flexibility index (Phi) is 3.49. The molecule has 0 radical (unpaired) electrons. The first kappa shape index (κ1) is 11.0. The van der Waals surface area contributed by atoms with Crippen LogP contribution in [0, 0.1) is 10.1 Å². The molecule has 0 aromatic carbocycles. The third-order valence-corrected chi connectivity index (χ3v) is 1.90. The molecule has 7 heteroatoms. The van der Waals surface area contributed by atoms with Crippen LogP contribution in [0.2, 0.25) is 0 Å². The lowest BCUT2D eigenvalue weighted by Crippen LogP contribution is -1.99. The molecule has 0 bridgehead atoms. The monoisotopic (exact) mass is 236 g/mol. The minimum atomic E-state index is -1.05. The smallest absolute Gasteiger partial charge is 0.293 e. The zero-order chi connectivity index (χ0) is 10.7. The zero-order valence-corrected chi connectivity index (χ0v) is 8.62. The summed E-state index contributed by atoms with van der Waals surface area (Å²) in [4.78, 5) is 12.7. The maximum atomic E-state index is 10.5. The van der Waals surface area contributed by atoms with Gasteiger partial charge in [0.05, 0.1) is 12.0 Å². The number of halogens is 2. The number of pyridine rings is 1. The summed E-state index contributed by atoms with van der Waals surface area (Å²) in [6, 6.07) is 2.62. The van der Waals surface area contributed by atoms with Crippen molar-refractivity contribution in [3.8, 4) is 5.88 Å². The molecule has 76 valence electrons. The van der Waals surface area contributed by atoms with Crippen molar-refractivity contribution in [3.05, 3.63) is 27.9 Å². The highest BCUT2D eigenvalue weighted by Gasteiger charge is 2.21. The first-order chi connectivity index (χ1) is 6.56. The highest BCUT2D eigenvalue weighted by atomic mass is 35.5. The van der Waals surface area contributed by atoms with Crippen LogP contribution in [0.1, 0.15) is 10.5 Å². The highest BCUT2D eigenvalue weighted by molar-refractivity contribution is 6.44. The fraction of sp³-hybridized carbons (Fsp3) is 0.286. The van der Waals surface area contributed by atoms with Crippen LogP contribution < -0.4 is 4.74 Å². The van der Waals surface area contributed by atoms with Crippen LogP contribution in [0.5, 0.6) is 5.88 Å². The minimum Gasteiger partial charge on any atom is -0.481 e. The van der Waals surface area contributed by atoms with E-state index in [0.29, 0.717) is 0 Å². The molecule has 1 rings (SSSR count). The molecule has 1 heterocycles. The van der Waals surface area contributed by atoms with E-state index in [1.807, 2.05) is 0 Å². The lowest BCUT2D eigenvalue weighted by molar-refractivity contribution is -0.385. The largest absolute Gasteiger partial charge is 0.481 e. The summed E-state index contributed by atoms with van der Waals surface area (Å²) in [5, 5.41) is 10.5. The Morgan fingerprint density at radius 1 is 1.57 bits per heavy atom. The molecule has 0 unspecified atom stereocenters. The van der Waals surface area contributed by atoms with Crippen LogP contribution in [0.4, 0.5) is 5.69 Å². The van der Waals surface area contributed by atoms with Crippen LogP contribution in [0.25, 0.3) is 0 Å². The van der Waals surface area contributed by atoms with Gasteiger partial charge < -0.3 is 4.74 Å². The lowest BCUT2D eigenvalue weighted by Gasteiger charge is -2.04. The predicted molar refractivity (Wildman–Crippen MR) is 51.9 cm³/mol. The summed E-state index contributed by atoms with van der Waals surface area (Å²) in [5.74, 6) is 0.233. The van der Waals surface area contributed by atoms with Gasteiger partial charge in [0, 0.05) is 12.1 Å². The molecule has 0 aliphatic heterocycles. The number of nitro groups is 1. The van der Waals surface area contributed by atoms with Crippen molar-refractivity contribution in [2.45, 2.75) is 4.84 Å². The van der Waals surface area contributed by atoms with Gasteiger partial charge in [0.15, 0.2) is 10.5 Å². The second-order valence-electron chi connectivity index (χ2n) is 2.32. The van der Waals surface area contributed by atoms with Crippen LogP contribution in [0.3, 0.4) is 0 Å². The Morgan fingerprint density at radius 2 is 2.21 bits per heavy atom. The summed E-state index contributed by atoms with van der Waals surface area (Å²) in [5.41, 5.74) is -0.238. The average Bonchev–Trinajstić information content (AvgIpc) is 2.16. The number of nitrogens with zero attached hydrogens (tertiary/aromatic N) is 2. The number of aromatic nitrogens is 1. The number of rotatable bonds is 3. The van der Waals surface area contributed by atoms with Gasteiger partial charge in [-0.2, -0.15) is 0 Å². The van der Waals surface area contributed by atoms with Gasteiger partial charge in [0.25, 0.3) is 5.69 Å². The van der Waals surface area contributed by atoms with E-state index < -0.39 is 9.76 Å². The van der Waals surface area contributed by atoms with Crippen molar-refractivity contribution in [1.29, 1.82) is 0 Å². The van der Waals surface area contributed by atoms with Crippen LogP contribution in [-0.4, -0.2) is 17.0 Å². The first-order valence-electron chi connectivity index (χ1n) is 3.53. The molecule has 0 fully saturated rings. The maximum absolute atomic E-state index is 10.5. The van der Waals surface area contributed by atoms with Crippen LogP contribution >= 0.6 is 23.2 Å². The quantitative estimate of drug-likeness (QED) is 0.460. The van der Waals surface area contributed by atoms with E-state index >= 15 is 0 Å². The average molecular weight is 237 g/mol. The third kappa shape index (κ3) is 2.24. The summed E-state index contributed by atoms with van der Waals surface area (Å²) in [6.45, 7) is 0. The molecule has 0 N–H and O–H groups in total. The standard InChI is InChI=1S/C7H6Cl2N2O3/c1-14-5-3-2-4(11(12)13)6(10-5)7(8)9/h2-3,7H,1H3. The molecule has 0 saturated heterocycles. The molecule has 0 amide bonds. The van der Waals surface area contributed by atoms with E-state index in [4.69, 9.17) is 27.9 Å². The van der Waals surface area contributed by atoms with E-state index in [0.717, 1.165) is 0 Å². The summed E-state index contributed by atoms with van der Waals surface area (Å²) < 4.78 is 4.79. The van der Waals surface area contributed by atoms with E-state index in [-0.39, 0.29) is 17.3 Å². The summed E-state index contributed by atoms with van der Waals surface area (Å²) in [6.07, 6.45) is 0. The second kappa shape index (κ2) is 4.43. The molecule has 0 atom stereocenters. The van der Waals surface area contributed by atoms with Gasteiger partial charge in [-0.05, 0) is 0 Å². The van der Waals surface area contributed by atoms with E-state index in [1.165, 1.54) is 19.2 Å². The second-order valence-corrected chi connectivity index (χ2v) is 3.41. The lowest BCUT2D eigenvalue weighted by atomic mass is 10.3. The molecule has 5 nitrogen and oxygen atoms in total. The number of hydrogen-bond donors (Lipinski definition) is 0. The van der Waals surface area contributed by atoms with Gasteiger partial charge >= 0.3 is 0 Å². The van der Waals surface area contributed by atoms with Crippen molar-refractivity contribution < 1.29 is 9.66 Å². The molecule has 1 aromatic heterocycles. The fourth-order valence-corrected chi connectivity index (χ4v) is 1.20. The van der Waals surface area contributed by atoms with Crippen LogP contribution in [-0.2, 0) is 0 Å². The van der Waals surface area contributed by atoms with Gasteiger partial charge in [0.2, 0.25) is 5.88 Å². The first-order valence-corrected chi connectivity index (χ1v) is 4.41. The normalized spacial score (nSPS) is 10.3. The molecule has 0 aliphatic carbocycles. The van der Waals surface area contributed by atoms with E-state index in [9.17, 15) is 10.1 Å². The van der Waals surface area contributed by atoms with Crippen molar-refractivity contribution in [1.82, 2.24) is 4.98 Å². The Labute approximate surface area is 89.8 Å².